The van der Waals surface area contributed by atoms with Crippen LogP contribution in [0.5, 0.6) is 0 Å². The summed E-state index contributed by atoms with van der Waals surface area (Å²) in [5.74, 6) is 0.586. The van der Waals surface area contributed by atoms with E-state index >= 15 is 0 Å². The number of likely N-dealkylation sites (tertiary alicyclic amines) is 1. The van der Waals surface area contributed by atoms with Gasteiger partial charge in [-0.3, -0.25) is 0 Å². The maximum atomic E-state index is 12.4. The number of nitrogens with one attached hydrogen (secondary N) is 1. The quantitative estimate of drug-likeness (QED) is 0.866. The van der Waals surface area contributed by atoms with E-state index in [-0.39, 0.29) is 6.09 Å². The highest BCUT2D eigenvalue weighted by Crippen LogP contribution is 2.36. The molecule has 1 aliphatic carbocycles. The molecule has 1 saturated carbocycles. The molecule has 122 valence electrons. The van der Waals surface area contributed by atoms with Crippen LogP contribution < -0.4 is 5.32 Å². The minimum atomic E-state index is -0.407. The van der Waals surface area contributed by atoms with E-state index in [0.29, 0.717) is 24.0 Å². The Kier molecular flexibility index (Phi) is 5.18. The van der Waals surface area contributed by atoms with Crippen molar-refractivity contribution in [3.63, 3.8) is 0 Å². The summed E-state index contributed by atoms with van der Waals surface area (Å²) in [6.45, 7) is 11.1. The molecule has 0 radical (unpaired) electrons. The van der Waals surface area contributed by atoms with Crippen molar-refractivity contribution in [1.29, 1.82) is 0 Å². The Balaban J connectivity index is 2.02. The third kappa shape index (κ3) is 4.35. The number of ether oxygens (including phenoxy) is 1. The fraction of sp³-hybridized carbons (Fsp3) is 0.941. The fourth-order valence-corrected chi connectivity index (χ4v) is 3.87. The van der Waals surface area contributed by atoms with Gasteiger partial charge in [0.05, 0.1) is 0 Å². The van der Waals surface area contributed by atoms with Gasteiger partial charge in [-0.25, -0.2) is 4.79 Å². The molecule has 1 heterocycles. The predicted octanol–water partition coefficient (Wildman–Crippen LogP) is 3.55. The third-order valence-corrected chi connectivity index (χ3v) is 4.54. The molecule has 1 amide bonds. The highest BCUT2D eigenvalue weighted by atomic mass is 16.6. The second-order valence-electron chi connectivity index (χ2n) is 7.91. The minimum absolute atomic E-state index is 0.125. The lowest BCUT2D eigenvalue weighted by Crippen LogP contribution is -2.48. The summed E-state index contributed by atoms with van der Waals surface area (Å²) < 4.78 is 5.59. The minimum Gasteiger partial charge on any atom is -0.444 e. The summed E-state index contributed by atoms with van der Waals surface area (Å²) in [6.07, 6.45) is 5.85. The zero-order chi connectivity index (χ0) is 15.6. The molecule has 2 aliphatic rings. The average molecular weight is 296 g/mol. The lowest BCUT2D eigenvalue weighted by Gasteiger charge is -2.35. The predicted molar refractivity (Wildman–Crippen MR) is 85.4 cm³/mol. The largest absolute Gasteiger partial charge is 0.444 e. The van der Waals surface area contributed by atoms with Crippen molar-refractivity contribution in [1.82, 2.24) is 10.2 Å². The molecule has 0 bridgehead atoms. The van der Waals surface area contributed by atoms with Crippen molar-refractivity contribution in [3.05, 3.63) is 0 Å². The van der Waals surface area contributed by atoms with Gasteiger partial charge >= 0.3 is 6.09 Å². The number of hydrogen-bond donors (Lipinski definition) is 1. The van der Waals surface area contributed by atoms with Crippen LogP contribution in [0.4, 0.5) is 4.79 Å². The molecule has 4 nitrogen and oxygen atoms in total. The van der Waals surface area contributed by atoms with Crippen LogP contribution in [0.1, 0.15) is 66.7 Å². The van der Waals surface area contributed by atoms with E-state index in [2.05, 4.69) is 19.2 Å². The second kappa shape index (κ2) is 6.55. The molecule has 1 aliphatic heterocycles. The molecule has 0 spiro atoms. The molecular weight excluding hydrogens is 264 g/mol. The van der Waals surface area contributed by atoms with E-state index in [0.717, 1.165) is 19.4 Å². The van der Waals surface area contributed by atoms with E-state index in [1.165, 1.54) is 19.3 Å². The first-order valence-corrected chi connectivity index (χ1v) is 8.53. The first-order chi connectivity index (χ1) is 9.78. The number of rotatable bonds is 3. The normalized spacial score (nSPS) is 30.2. The van der Waals surface area contributed by atoms with Crippen LogP contribution in [0, 0.1) is 5.92 Å². The number of nitrogens with zero attached hydrogens (tertiary/aromatic N) is 1. The Bertz CT molecular complexity index is 362. The van der Waals surface area contributed by atoms with Crippen molar-refractivity contribution in [2.75, 3.05) is 6.54 Å². The van der Waals surface area contributed by atoms with E-state index in [1.807, 2.05) is 25.7 Å². The van der Waals surface area contributed by atoms with Crippen molar-refractivity contribution in [2.24, 2.45) is 5.92 Å². The van der Waals surface area contributed by atoms with Gasteiger partial charge in [-0.2, -0.15) is 0 Å². The van der Waals surface area contributed by atoms with Gasteiger partial charge in [0.25, 0.3) is 0 Å². The van der Waals surface area contributed by atoms with E-state index in [4.69, 9.17) is 4.74 Å². The molecular formula is C17H32N2O2. The van der Waals surface area contributed by atoms with Crippen LogP contribution in [0.15, 0.2) is 0 Å². The fourth-order valence-electron chi connectivity index (χ4n) is 3.87. The Morgan fingerprint density at radius 1 is 1.19 bits per heavy atom. The number of hydrogen-bond acceptors (Lipinski definition) is 3. The monoisotopic (exact) mass is 296 g/mol. The molecule has 3 unspecified atom stereocenters. The van der Waals surface area contributed by atoms with E-state index < -0.39 is 5.60 Å². The molecule has 2 fully saturated rings. The Hall–Kier alpha value is -0.770. The number of carbonyl (C=O) groups excluding carboxylic acids is 1. The third-order valence-electron chi connectivity index (χ3n) is 4.54. The van der Waals surface area contributed by atoms with Crippen LogP contribution in [0.25, 0.3) is 0 Å². The number of amides is 1. The van der Waals surface area contributed by atoms with Crippen LogP contribution in [0.3, 0.4) is 0 Å². The van der Waals surface area contributed by atoms with E-state index in [1.54, 1.807) is 0 Å². The molecule has 0 aromatic rings. The lowest BCUT2D eigenvalue weighted by molar-refractivity contribution is 0.0166. The first kappa shape index (κ1) is 16.6. The summed E-state index contributed by atoms with van der Waals surface area (Å²) in [7, 11) is 0. The maximum Gasteiger partial charge on any atom is 0.410 e. The SMILES string of the molecule is CC(C)NC1CCCC1C1CCCN1C(=O)OC(C)(C)C. The van der Waals surface area contributed by atoms with Crippen molar-refractivity contribution in [3.8, 4) is 0 Å². The molecule has 1 N–H and O–H groups in total. The summed E-state index contributed by atoms with van der Waals surface area (Å²) in [4.78, 5) is 14.4. The van der Waals surface area contributed by atoms with Gasteiger partial charge in [0.15, 0.2) is 0 Å². The summed E-state index contributed by atoms with van der Waals surface area (Å²) >= 11 is 0. The Morgan fingerprint density at radius 3 is 2.52 bits per heavy atom. The summed E-state index contributed by atoms with van der Waals surface area (Å²) in [5, 5.41) is 3.70. The molecule has 2 rings (SSSR count). The van der Waals surface area contributed by atoms with Crippen molar-refractivity contribution in [2.45, 2.75) is 90.4 Å². The van der Waals surface area contributed by atoms with Gasteiger partial charge in [-0.1, -0.05) is 20.3 Å². The van der Waals surface area contributed by atoms with Gasteiger partial charge in [-0.15, -0.1) is 0 Å². The smallest absolute Gasteiger partial charge is 0.410 e. The van der Waals surface area contributed by atoms with Gasteiger partial charge in [0.2, 0.25) is 0 Å². The lowest BCUT2D eigenvalue weighted by atomic mass is 9.92. The molecule has 0 aromatic carbocycles. The maximum absolute atomic E-state index is 12.4. The Labute approximate surface area is 129 Å². The van der Waals surface area contributed by atoms with Crippen LogP contribution >= 0.6 is 0 Å². The molecule has 0 aromatic heterocycles. The van der Waals surface area contributed by atoms with Crippen LogP contribution in [-0.4, -0.2) is 41.3 Å². The summed E-state index contributed by atoms with van der Waals surface area (Å²) in [6, 6.07) is 1.42. The van der Waals surface area contributed by atoms with Gasteiger partial charge < -0.3 is 15.0 Å². The van der Waals surface area contributed by atoms with Gasteiger partial charge in [-0.05, 0) is 52.4 Å². The molecule has 4 heteroatoms. The van der Waals surface area contributed by atoms with Crippen LogP contribution in [-0.2, 0) is 4.74 Å². The molecule has 3 atom stereocenters. The van der Waals surface area contributed by atoms with Crippen LogP contribution in [0.2, 0.25) is 0 Å². The highest BCUT2D eigenvalue weighted by molar-refractivity contribution is 5.69. The Morgan fingerprint density at radius 2 is 1.90 bits per heavy atom. The van der Waals surface area contributed by atoms with Gasteiger partial charge in [0.1, 0.15) is 5.60 Å². The molecule has 21 heavy (non-hydrogen) atoms. The van der Waals surface area contributed by atoms with Gasteiger partial charge in [0, 0.05) is 24.7 Å². The van der Waals surface area contributed by atoms with E-state index in [9.17, 15) is 4.79 Å². The zero-order valence-corrected chi connectivity index (χ0v) is 14.3. The molecule has 1 saturated heterocycles. The zero-order valence-electron chi connectivity index (χ0n) is 14.3. The number of carbonyl (C=O) groups is 1. The highest BCUT2D eigenvalue weighted by Gasteiger charge is 2.42. The summed E-state index contributed by atoms with van der Waals surface area (Å²) in [5.41, 5.74) is -0.407. The second-order valence-corrected chi connectivity index (χ2v) is 7.91. The van der Waals surface area contributed by atoms with Crippen molar-refractivity contribution < 1.29 is 9.53 Å². The topological polar surface area (TPSA) is 41.6 Å². The standard InChI is InChI=1S/C17H32N2O2/c1-12(2)18-14-9-6-8-13(14)15-10-7-11-19(15)16(20)21-17(3,4)5/h12-15,18H,6-11H2,1-5H3. The van der Waals surface area contributed by atoms with Crippen molar-refractivity contribution >= 4 is 6.09 Å². The average Bonchev–Trinajstić information content (AvgIpc) is 2.92. The first-order valence-electron chi connectivity index (χ1n) is 8.53.